The molecule has 0 aliphatic heterocycles. The van der Waals surface area contributed by atoms with Crippen LogP contribution in [0.25, 0.3) is 6.08 Å². The molecule has 0 saturated carbocycles. The normalized spacial score (nSPS) is 10.7. The Balaban J connectivity index is 2.57. The highest BCUT2D eigenvalue weighted by Crippen LogP contribution is 2.18. The van der Waals surface area contributed by atoms with Crippen molar-refractivity contribution in [3.63, 3.8) is 0 Å². The third-order valence-electron chi connectivity index (χ3n) is 2.12. The van der Waals surface area contributed by atoms with Gasteiger partial charge in [0.05, 0.1) is 4.88 Å². The maximum atomic E-state index is 11.8. The predicted octanol–water partition coefficient (Wildman–Crippen LogP) is 1.61. The molecule has 0 aliphatic carbocycles. The van der Waals surface area contributed by atoms with Crippen LogP contribution in [0.3, 0.4) is 0 Å². The molecule has 98 valence electrons. The van der Waals surface area contributed by atoms with Crippen molar-refractivity contribution in [3.8, 4) is 0 Å². The van der Waals surface area contributed by atoms with Crippen molar-refractivity contribution in [3.05, 3.63) is 28.0 Å². The molecule has 1 rings (SSSR count). The number of thiophene rings is 1. The third-order valence-corrected chi connectivity index (χ3v) is 3.05. The van der Waals surface area contributed by atoms with Crippen LogP contribution in [0.5, 0.6) is 0 Å². The number of ether oxygens (including phenoxy) is 1. The van der Waals surface area contributed by atoms with Crippen molar-refractivity contribution in [1.82, 2.24) is 5.32 Å². The molecule has 18 heavy (non-hydrogen) atoms. The number of hydrogen-bond donors (Lipinski definition) is 2. The molecule has 0 aliphatic rings. The summed E-state index contributed by atoms with van der Waals surface area (Å²) in [6, 6.07) is 1.72. The minimum absolute atomic E-state index is 0.189. The van der Waals surface area contributed by atoms with Crippen LogP contribution in [0.15, 0.2) is 17.5 Å². The van der Waals surface area contributed by atoms with Crippen LogP contribution in [-0.4, -0.2) is 37.2 Å². The van der Waals surface area contributed by atoms with E-state index in [4.69, 9.17) is 9.84 Å². The Kier molecular flexibility index (Phi) is 6.10. The number of rotatable bonds is 7. The summed E-state index contributed by atoms with van der Waals surface area (Å²) in [6.07, 6.45) is 3.18. The van der Waals surface area contributed by atoms with Crippen LogP contribution in [0.4, 0.5) is 0 Å². The zero-order chi connectivity index (χ0) is 13.4. The van der Waals surface area contributed by atoms with Crippen LogP contribution < -0.4 is 5.32 Å². The maximum absolute atomic E-state index is 11.8. The Morgan fingerprint density at radius 3 is 3.00 bits per heavy atom. The smallest absolute Gasteiger partial charge is 0.328 e. The van der Waals surface area contributed by atoms with Crippen molar-refractivity contribution in [2.24, 2.45) is 0 Å². The van der Waals surface area contributed by atoms with E-state index >= 15 is 0 Å². The lowest BCUT2D eigenvalue weighted by Gasteiger charge is -2.03. The van der Waals surface area contributed by atoms with Gasteiger partial charge in [-0.25, -0.2) is 4.79 Å². The Hall–Kier alpha value is -1.66. The van der Waals surface area contributed by atoms with Gasteiger partial charge >= 0.3 is 5.97 Å². The van der Waals surface area contributed by atoms with E-state index in [0.717, 1.165) is 12.5 Å². The second-order valence-corrected chi connectivity index (χ2v) is 4.40. The number of carboxylic acids is 1. The number of carbonyl (C=O) groups is 2. The first-order valence-corrected chi connectivity index (χ1v) is 6.28. The lowest BCUT2D eigenvalue weighted by molar-refractivity contribution is -0.131. The highest BCUT2D eigenvalue weighted by molar-refractivity contribution is 7.12. The molecule has 5 nitrogen and oxygen atoms in total. The summed E-state index contributed by atoms with van der Waals surface area (Å²) in [5.41, 5.74) is 0.617. The molecule has 1 aromatic heterocycles. The molecule has 0 saturated heterocycles. The second-order valence-electron chi connectivity index (χ2n) is 3.48. The first-order valence-electron chi connectivity index (χ1n) is 5.40. The summed E-state index contributed by atoms with van der Waals surface area (Å²) < 4.78 is 4.88. The Morgan fingerprint density at radius 2 is 2.33 bits per heavy atom. The number of nitrogens with one attached hydrogen (secondary N) is 1. The molecular formula is C12H15NO4S. The fourth-order valence-corrected chi connectivity index (χ4v) is 2.10. The lowest BCUT2D eigenvalue weighted by atomic mass is 10.2. The van der Waals surface area contributed by atoms with Crippen LogP contribution in [-0.2, 0) is 9.53 Å². The van der Waals surface area contributed by atoms with Crippen LogP contribution in [0.2, 0.25) is 0 Å². The summed E-state index contributed by atoms with van der Waals surface area (Å²) in [5.74, 6) is -1.22. The molecule has 0 aromatic carbocycles. The van der Waals surface area contributed by atoms with E-state index in [1.54, 1.807) is 18.6 Å². The van der Waals surface area contributed by atoms with Gasteiger partial charge in [0.2, 0.25) is 0 Å². The summed E-state index contributed by atoms with van der Waals surface area (Å²) in [5, 5.41) is 13.1. The first-order chi connectivity index (χ1) is 8.65. The topological polar surface area (TPSA) is 75.6 Å². The quantitative estimate of drug-likeness (QED) is 0.582. The molecule has 1 aromatic rings. The van der Waals surface area contributed by atoms with E-state index < -0.39 is 5.97 Å². The van der Waals surface area contributed by atoms with Crippen molar-refractivity contribution >= 4 is 29.3 Å². The minimum atomic E-state index is -1.03. The van der Waals surface area contributed by atoms with Gasteiger partial charge in [-0.1, -0.05) is 0 Å². The summed E-state index contributed by atoms with van der Waals surface area (Å²) in [4.78, 5) is 22.8. The standard InChI is InChI=1S/C12H15NO4S/c1-17-7-2-6-13-12(16)11-9(5-8-18-11)3-4-10(14)15/h3-5,8H,2,6-7H2,1H3,(H,13,16)(H,14,15). The van der Waals surface area contributed by atoms with E-state index in [-0.39, 0.29) is 5.91 Å². The Labute approximate surface area is 109 Å². The maximum Gasteiger partial charge on any atom is 0.328 e. The van der Waals surface area contributed by atoms with E-state index in [1.165, 1.54) is 17.4 Å². The molecule has 0 radical (unpaired) electrons. The predicted molar refractivity (Wildman–Crippen MR) is 69.8 cm³/mol. The molecule has 1 amide bonds. The molecule has 1 heterocycles. The van der Waals surface area contributed by atoms with Gasteiger partial charge in [0.25, 0.3) is 5.91 Å². The van der Waals surface area contributed by atoms with Gasteiger partial charge in [-0.05, 0) is 29.5 Å². The average Bonchev–Trinajstić information content (AvgIpc) is 2.80. The fraction of sp³-hybridized carbons (Fsp3) is 0.333. The second kappa shape index (κ2) is 7.62. The van der Waals surface area contributed by atoms with Gasteiger partial charge in [-0.15, -0.1) is 11.3 Å². The fourth-order valence-electron chi connectivity index (χ4n) is 1.29. The van der Waals surface area contributed by atoms with Crippen molar-refractivity contribution in [2.75, 3.05) is 20.3 Å². The molecule has 0 bridgehead atoms. The van der Waals surface area contributed by atoms with E-state index in [0.29, 0.717) is 23.6 Å². The van der Waals surface area contributed by atoms with E-state index in [2.05, 4.69) is 5.32 Å². The van der Waals surface area contributed by atoms with Crippen LogP contribution in [0.1, 0.15) is 21.7 Å². The SMILES string of the molecule is COCCCNC(=O)c1sccc1C=CC(=O)O. The van der Waals surface area contributed by atoms with Crippen molar-refractivity contribution in [1.29, 1.82) is 0 Å². The zero-order valence-corrected chi connectivity index (χ0v) is 10.8. The van der Waals surface area contributed by atoms with Gasteiger partial charge in [0.1, 0.15) is 0 Å². The Bertz CT molecular complexity index is 439. The van der Waals surface area contributed by atoms with Gasteiger partial charge in [0.15, 0.2) is 0 Å². The molecule has 2 N–H and O–H groups in total. The number of amides is 1. The van der Waals surface area contributed by atoms with Crippen LogP contribution in [0, 0.1) is 0 Å². The Morgan fingerprint density at radius 1 is 1.56 bits per heavy atom. The third kappa shape index (κ3) is 4.68. The summed E-state index contributed by atoms with van der Waals surface area (Å²) in [7, 11) is 1.61. The summed E-state index contributed by atoms with van der Waals surface area (Å²) in [6.45, 7) is 1.13. The van der Waals surface area contributed by atoms with Gasteiger partial charge in [-0.3, -0.25) is 4.79 Å². The highest BCUT2D eigenvalue weighted by Gasteiger charge is 2.10. The number of hydrogen-bond acceptors (Lipinski definition) is 4. The van der Waals surface area contributed by atoms with Crippen molar-refractivity contribution in [2.45, 2.75) is 6.42 Å². The van der Waals surface area contributed by atoms with E-state index in [1.807, 2.05) is 0 Å². The monoisotopic (exact) mass is 269 g/mol. The number of methoxy groups -OCH3 is 1. The number of aliphatic carboxylic acids is 1. The molecule has 0 unspecified atom stereocenters. The van der Waals surface area contributed by atoms with Gasteiger partial charge in [-0.2, -0.15) is 0 Å². The largest absolute Gasteiger partial charge is 0.478 e. The minimum Gasteiger partial charge on any atom is -0.478 e. The van der Waals surface area contributed by atoms with Crippen LogP contribution >= 0.6 is 11.3 Å². The van der Waals surface area contributed by atoms with Crippen molar-refractivity contribution < 1.29 is 19.4 Å². The molecule has 0 atom stereocenters. The lowest BCUT2D eigenvalue weighted by Crippen LogP contribution is -2.24. The highest BCUT2D eigenvalue weighted by atomic mass is 32.1. The van der Waals surface area contributed by atoms with E-state index in [9.17, 15) is 9.59 Å². The molecule has 6 heteroatoms. The van der Waals surface area contributed by atoms with Gasteiger partial charge in [0, 0.05) is 26.3 Å². The first kappa shape index (κ1) is 14.4. The zero-order valence-electron chi connectivity index (χ0n) is 10.0. The average molecular weight is 269 g/mol. The molecule has 0 spiro atoms. The molecule has 0 fully saturated rings. The number of carbonyl (C=O) groups excluding carboxylic acids is 1. The molecular weight excluding hydrogens is 254 g/mol. The van der Waals surface area contributed by atoms with Gasteiger partial charge < -0.3 is 15.2 Å². The number of carboxylic acid groups (broad SMARTS) is 1. The summed E-state index contributed by atoms with van der Waals surface area (Å²) >= 11 is 1.29.